The van der Waals surface area contributed by atoms with Gasteiger partial charge in [0.25, 0.3) is 5.56 Å². The standard InChI is InChI=1S/C20H19FN2O2/c1-12-6-15-10-16(20(25)23-18(15)7-13(12)2)11-22-19(24)9-14-4-3-5-17(21)8-14/h3-8,10H,9,11H2,1-2H3,(H,22,24)(H,23,25). The summed E-state index contributed by atoms with van der Waals surface area (Å²) in [6.45, 7) is 4.14. The Labute approximate surface area is 144 Å². The molecule has 0 aliphatic rings. The summed E-state index contributed by atoms with van der Waals surface area (Å²) in [6, 6.07) is 11.7. The average Bonchev–Trinajstić information content (AvgIpc) is 2.55. The third kappa shape index (κ3) is 3.94. The number of nitrogens with one attached hydrogen (secondary N) is 2. The van der Waals surface area contributed by atoms with Gasteiger partial charge in [0, 0.05) is 17.6 Å². The van der Waals surface area contributed by atoms with E-state index < -0.39 is 0 Å². The number of amides is 1. The molecule has 1 heterocycles. The van der Waals surface area contributed by atoms with E-state index in [-0.39, 0.29) is 30.2 Å². The van der Waals surface area contributed by atoms with Crippen LogP contribution in [0.15, 0.2) is 47.3 Å². The smallest absolute Gasteiger partial charge is 0.253 e. The van der Waals surface area contributed by atoms with Gasteiger partial charge in [0.1, 0.15) is 5.82 Å². The van der Waals surface area contributed by atoms with Crippen LogP contribution >= 0.6 is 0 Å². The third-order valence-corrected chi connectivity index (χ3v) is 4.27. The van der Waals surface area contributed by atoms with Crippen molar-refractivity contribution in [2.75, 3.05) is 0 Å². The number of H-pyrrole nitrogens is 1. The van der Waals surface area contributed by atoms with E-state index in [9.17, 15) is 14.0 Å². The van der Waals surface area contributed by atoms with Crippen LogP contribution in [0.5, 0.6) is 0 Å². The second-order valence-electron chi connectivity index (χ2n) is 6.23. The summed E-state index contributed by atoms with van der Waals surface area (Å²) in [7, 11) is 0. The van der Waals surface area contributed by atoms with E-state index in [2.05, 4.69) is 10.3 Å². The fraction of sp³-hybridized carbons (Fsp3) is 0.200. The summed E-state index contributed by atoms with van der Waals surface area (Å²) >= 11 is 0. The molecular formula is C20H19FN2O2. The molecular weight excluding hydrogens is 319 g/mol. The molecule has 0 spiro atoms. The Morgan fingerprint density at radius 3 is 2.64 bits per heavy atom. The third-order valence-electron chi connectivity index (χ3n) is 4.27. The molecule has 0 aliphatic heterocycles. The van der Waals surface area contributed by atoms with Crippen molar-refractivity contribution in [3.05, 3.63) is 80.9 Å². The molecule has 128 valence electrons. The summed E-state index contributed by atoms with van der Waals surface area (Å²) in [6.07, 6.45) is 0.0710. The molecule has 1 amide bonds. The number of aromatic nitrogens is 1. The Morgan fingerprint density at radius 1 is 1.12 bits per heavy atom. The molecule has 0 saturated heterocycles. The van der Waals surface area contributed by atoms with Crippen molar-refractivity contribution in [2.24, 2.45) is 0 Å². The van der Waals surface area contributed by atoms with Crippen molar-refractivity contribution in [3.8, 4) is 0 Å². The van der Waals surface area contributed by atoms with Crippen LogP contribution in [-0.4, -0.2) is 10.9 Å². The summed E-state index contributed by atoms with van der Waals surface area (Å²) in [5.41, 5.74) is 3.89. The highest BCUT2D eigenvalue weighted by molar-refractivity contribution is 5.81. The maximum Gasteiger partial charge on any atom is 0.253 e. The van der Waals surface area contributed by atoms with Gasteiger partial charge in [-0.2, -0.15) is 0 Å². The van der Waals surface area contributed by atoms with Crippen molar-refractivity contribution in [1.29, 1.82) is 0 Å². The van der Waals surface area contributed by atoms with Crippen LogP contribution in [0.1, 0.15) is 22.3 Å². The van der Waals surface area contributed by atoms with Crippen molar-refractivity contribution < 1.29 is 9.18 Å². The van der Waals surface area contributed by atoms with E-state index in [1.54, 1.807) is 18.2 Å². The van der Waals surface area contributed by atoms with E-state index in [1.165, 1.54) is 12.1 Å². The second-order valence-corrected chi connectivity index (χ2v) is 6.23. The van der Waals surface area contributed by atoms with Gasteiger partial charge in [0.15, 0.2) is 0 Å². The normalized spacial score (nSPS) is 10.8. The zero-order chi connectivity index (χ0) is 18.0. The number of hydrogen-bond donors (Lipinski definition) is 2. The zero-order valence-corrected chi connectivity index (χ0v) is 14.2. The minimum Gasteiger partial charge on any atom is -0.352 e. The van der Waals surface area contributed by atoms with Gasteiger partial charge < -0.3 is 10.3 Å². The summed E-state index contributed by atoms with van der Waals surface area (Å²) in [5.74, 6) is -0.632. The maximum atomic E-state index is 13.2. The summed E-state index contributed by atoms with van der Waals surface area (Å²) in [4.78, 5) is 27.1. The highest BCUT2D eigenvalue weighted by Gasteiger charge is 2.08. The lowest BCUT2D eigenvalue weighted by atomic mass is 10.0. The van der Waals surface area contributed by atoms with E-state index in [4.69, 9.17) is 0 Å². The molecule has 2 aromatic carbocycles. The monoisotopic (exact) mass is 338 g/mol. The number of aromatic amines is 1. The number of benzene rings is 2. The highest BCUT2D eigenvalue weighted by Crippen LogP contribution is 2.17. The molecule has 25 heavy (non-hydrogen) atoms. The van der Waals surface area contributed by atoms with E-state index >= 15 is 0 Å². The number of hydrogen-bond acceptors (Lipinski definition) is 2. The first-order valence-corrected chi connectivity index (χ1v) is 8.06. The molecule has 0 atom stereocenters. The Hall–Kier alpha value is -2.95. The molecule has 3 aromatic rings. The zero-order valence-electron chi connectivity index (χ0n) is 14.2. The van der Waals surface area contributed by atoms with Crippen LogP contribution in [-0.2, 0) is 17.8 Å². The lowest BCUT2D eigenvalue weighted by molar-refractivity contribution is -0.120. The van der Waals surface area contributed by atoms with Gasteiger partial charge in [-0.05, 0) is 66.3 Å². The van der Waals surface area contributed by atoms with Crippen molar-refractivity contribution in [3.63, 3.8) is 0 Å². The van der Waals surface area contributed by atoms with Gasteiger partial charge in [-0.25, -0.2) is 4.39 Å². The number of carbonyl (C=O) groups is 1. The molecule has 1 aromatic heterocycles. The molecule has 0 unspecified atom stereocenters. The van der Waals surface area contributed by atoms with Crippen LogP contribution in [0.2, 0.25) is 0 Å². The molecule has 0 fully saturated rings. The second kappa shape index (κ2) is 6.89. The molecule has 4 nitrogen and oxygen atoms in total. The first-order chi connectivity index (χ1) is 11.9. The molecule has 0 saturated carbocycles. The van der Waals surface area contributed by atoms with Crippen LogP contribution in [0.3, 0.4) is 0 Å². The predicted molar refractivity (Wildman–Crippen MR) is 96.0 cm³/mol. The Kier molecular flexibility index (Phi) is 4.65. The molecule has 0 bridgehead atoms. The minimum atomic E-state index is -0.373. The van der Waals surface area contributed by atoms with Crippen LogP contribution in [0.4, 0.5) is 4.39 Å². The lowest BCUT2D eigenvalue weighted by Crippen LogP contribution is -2.28. The van der Waals surface area contributed by atoms with Gasteiger partial charge in [-0.15, -0.1) is 0 Å². The van der Waals surface area contributed by atoms with Crippen molar-refractivity contribution in [2.45, 2.75) is 26.8 Å². The van der Waals surface area contributed by atoms with Crippen LogP contribution in [0.25, 0.3) is 10.9 Å². The topological polar surface area (TPSA) is 62.0 Å². The number of fused-ring (bicyclic) bond motifs is 1. The Balaban J connectivity index is 1.74. The molecule has 3 rings (SSSR count). The molecule has 5 heteroatoms. The number of carbonyl (C=O) groups excluding carboxylic acids is 1. The largest absolute Gasteiger partial charge is 0.352 e. The maximum absolute atomic E-state index is 13.2. The van der Waals surface area contributed by atoms with Gasteiger partial charge in [0.05, 0.1) is 6.42 Å². The van der Waals surface area contributed by atoms with Crippen LogP contribution in [0, 0.1) is 19.7 Å². The number of halogens is 1. The first-order valence-electron chi connectivity index (χ1n) is 8.06. The average molecular weight is 338 g/mol. The van der Waals surface area contributed by atoms with Gasteiger partial charge in [-0.3, -0.25) is 9.59 Å². The predicted octanol–water partition coefficient (Wildman–Crippen LogP) is 3.14. The van der Waals surface area contributed by atoms with E-state index in [1.807, 2.05) is 26.0 Å². The number of rotatable bonds is 4. The number of pyridine rings is 1. The van der Waals surface area contributed by atoms with Crippen LogP contribution < -0.4 is 10.9 Å². The van der Waals surface area contributed by atoms with Gasteiger partial charge in [-0.1, -0.05) is 12.1 Å². The first kappa shape index (κ1) is 16.9. The van der Waals surface area contributed by atoms with E-state index in [0.717, 1.165) is 22.0 Å². The SMILES string of the molecule is Cc1cc2cc(CNC(=O)Cc3cccc(F)c3)c(=O)[nH]c2cc1C. The molecule has 0 radical (unpaired) electrons. The Bertz CT molecular complexity index is 1010. The fourth-order valence-corrected chi connectivity index (χ4v) is 2.74. The molecule has 0 aliphatic carbocycles. The highest BCUT2D eigenvalue weighted by atomic mass is 19.1. The summed E-state index contributed by atoms with van der Waals surface area (Å²) in [5, 5.41) is 3.64. The fourth-order valence-electron chi connectivity index (χ4n) is 2.74. The quantitative estimate of drug-likeness (QED) is 0.768. The minimum absolute atomic E-state index is 0.0710. The van der Waals surface area contributed by atoms with E-state index in [0.29, 0.717) is 11.1 Å². The molecule has 2 N–H and O–H groups in total. The van der Waals surface area contributed by atoms with Crippen molar-refractivity contribution >= 4 is 16.8 Å². The van der Waals surface area contributed by atoms with Crippen molar-refractivity contribution in [1.82, 2.24) is 10.3 Å². The summed E-state index contributed by atoms with van der Waals surface area (Å²) < 4.78 is 13.2. The Morgan fingerprint density at radius 2 is 1.88 bits per heavy atom. The van der Waals surface area contributed by atoms with Gasteiger partial charge in [0.2, 0.25) is 5.91 Å². The van der Waals surface area contributed by atoms with Gasteiger partial charge >= 0.3 is 0 Å². The number of aryl methyl sites for hydroxylation is 2. The lowest BCUT2D eigenvalue weighted by Gasteiger charge is -2.08.